The summed E-state index contributed by atoms with van der Waals surface area (Å²) in [5.41, 5.74) is 3.50. The first-order chi connectivity index (χ1) is 12.2. The summed E-state index contributed by atoms with van der Waals surface area (Å²) in [5, 5.41) is 0. The molecule has 1 N–H and O–H groups in total. The largest absolute Gasteiger partial charge is 0.341 e. The van der Waals surface area contributed by atoms with E-state index < -0.39 is 0 Å². The van der Waals surface area contributed by atoms with E-state index in [9.17, 15) is 0 Å². The van der Waals surface area contributed by atoms with Crippen molar-refractivity contribution in [2.45, 2.75) is 58.7 Å². The number of aromatic amines is 1. The van der Waals surface area contributed by atoms with Crippen LogP contribution in [0.4, 0.5) is 0 Å². The van der Waals surface area contributed by atoms with Gasteiger partial charge in [-0.1, -0.05) is 12.5 Å². The Hall–Kier alpha value is -2.14. The van der Waals surface area contributed by atoms with Gasteiger partial charge in [-0.05, 0) is 57.4 Å². The SMILES string of the molecule is Cc1ccc2nc(CN3CCCCC3CCn3ccnc3C)[nH]c2c1. The Labute approximate surface area is 149 Å². The molecule has 1 fully saturated rings. The van der Waals surface area contributed by atoms with Gasteiger partial charge in [0.2, 0.25) is 0 Å². The number of imidazole rings is 2. The molecule has 4 rings (SSSR count). The molecule has 1 aromatic carbocycles. The predicted octanol–water partition coefficient (Wildman–Crippen LogP) is 3.82. The van der Waals surface area contributed by atoms with Crippen LogP contribution in [0.15, 0.2) is 30.6 Å². The fraction of sp³-hybridized carbons (Fsp3) is 0.500. The molecule has 1 atom stereocenters. The summed E-state index contributed by atoms with van der Waals surface area (Å²) in [6.45, 7) is 7.34. The number of aromatic nitrogens is 4. The highest BCUT2D eigenvalue weighted by atomic mass is 15.2. The molecule has 1 saturated heterocycles. The second-order valence-corrected chi connectivity index (χ2v) is 7.28. The summed E-state index contributed by atoms with van der Waals surface area (Å²) in [6.07, 6.45) is 9.07. The summed E-state index contributed by atoms with van der Waals surface area (Å²) in [4.78, 5) is 15.3. The van der Waals surface area contributed by atoms with Crippen molar-refractivity contribution in [1.29, 1.82) is 0 Å². The van der Waals surface area contributed by atoms with E-state index in [1.807, 2.05) is 6.20 Å². The van der Waals surface area contributed by atoms with Crippen LogP contribution in [0.25, 0.3) is 11.0 Å². The zero-order valence-corrected chi connectivity index (χ0v) is 15.2. The van der Waals surface area contributed by atoms with Crippen molar-refractivity contribution >= 4 is 11.0 Å². The number of benzene rings is 1. The Balaban J connectivity index is 1.45. The Morgan fingerprint density at radius 2 is 2.16 bits per heavy atom. The Morgan fingerprint density at radius 3 is 3.00 bits per heavy atom. The lowest BCUT2D eigenvalue weighted by Gasteiger charge is -2.35. The maximum atomic E-state index is 4.79. The quantitative estimate of drug-likeness (QED) is 0.770. The molecule has 3 aromatic rings. The molecule has 5 nitrogen and oxygen atoms in total. The lowest BCUT2D eigenvalue weighted by molar-refractivity contribution is 0.125. The molecule has 2 aromatic heterocycles. The van der Waals surface area contributed by atoms with Crippen LogP contribution in [-0.2, 0) is 13.1 Å². The number of nitrogens with one attached hydrogen (secondary N) is 1. The normalized spacial score (nSPS) is 18.9. The third-order valence-corrected chi connectivity index (χ3v) is 5.42. The fourth-order valence-corrected chi connectivity index (χ4v) is 3.97. The highest BCUT2D eigenvalue weighted by Gasteiger charge is 2.23. The number of hydrogen-bond donors (Lipinski definition) is 1. The number of likely N-dealkylation sites (tertiary alicyclic amines) is 1. The first-order valence-corrected chi connectivity index (χ1v) is 9.36. The van der Waals surface area contributed by atoms with Crippen molar-refractivity contribution in [3.05, 3.63) is 47.8 Å². The van der Waals surface area contributed by atoms with E-state index in [-0.39, 0.29) is 0 Å². The summed E-state index contributed by atoms with van der Waals surface area (Å²) < 4.78 is 2.26. The van der Waals surface area contributed by atoms with E-state index in [1.54, 1.807) is 0 Å². The Morgan fingerprint density at radius 1 is 1.24 bits per heavy atom. The summed E-state index contributed by atoms with van der Waals surface area (Å²) >= 11 is 0. The van der Waals surface area contributed by atoms with Gasteiger partial charge in [0.15, 0.2) is 0 Å². The Kier molecular flexibility index (Phi) is 4.57. The maximum Gasteiger partial charge on any atom is 0.121 e. The maximum absolute atomic E-state index is 4.79. The lowest BCUT2D eigenvalue weighted by Crippen LogP contribution is -2.39. The highest BCUT2D eigenvalue weighted by molar-refractivity contribution is 5.75. The minimum Gasteiger partial charge on any atom is -0.341 e. The molecule has 0 spiro atoms. The van der Waals surface area contributed by atoms with Gasteiger partial charge in [-0.3, -0.25) is 4.90 Å². The number of fused-ring (bicyclic) bond motifs is 1. The predicted molar refractivity (Wildman–Crippen MR) is 100 cm³/mol. The van der Waals surface area contributed by atoms with E-state index in [0.29, 0.717) is 6.04 Å². The third kappa shape index (κ3) is 3.61. The van der Waals surface area contributed by atoms with Crippen LogP contribution in [-0.4, -0.2) is 37.0 Å². The zero-order chi connectivity index (χ0) is 17.2. The van der Waals surface area contributed by atoms with Crippen LogP contribution in [0.5, 0.6) is 0 Å². The van der Waals surface area contributed by atoms with Crippen molar-refractivity contribution in [3.8, 4) is 0 Å². The molecule has 1 aliphatic rings. The first kappa shape index (κ1) is 16.3. The molecule has 1 unspecified atom stereocenters. The number of hydrogen-bond acceptors (Lipinski definition) is 3. The van der Waals surface area contributed by atoms with E-state index >= 15 is 0 Å². The van der Waals surface area contributed by atoms with E-state index in [2.05, 4.69) is 57.7 Å². The average Bonchev–Trinajstić information content (AvgIpc) is 3.19. The molecule has 0 aliphatic carbocycles. The van der Waals surface area contributed by atoms with Gasteiger partial charge in [-0.2, -0.15) is 0 Å². The second kappa shape index (κ2) is 7.00. The monoisotopic (exact) mass is 337 g/mol. The van der Waals surface area contributed by atoms with Gasteiger partial charge in [-0.25, -0.2) is 9.97 Å². The second-order valence-electron chi connectivity index (χ2n) is 7.28. The van der Waals surface area contributed by atoms with E-state index in [0.717, 1.165) is 35.8 Å². The van der Waals surface area contributed by atoms with Crippen LogP contribution in [0.1, 0.15) is 42.9 Å². The van der Waals surface area contributed by atoms with Gasteiger partial charge in [0.1, 0.15) is 11.6 Å². The van der Waals surface area contributed by atoms with Gasteiger partial charge in [0.05, 0.1) is 17.6 Å². The molecule has 3 heterocycles. The molecule has 0 amide bonds. The summed E-state index contributed by atoms with van der Waals surface area (Å²) in [5.74, 6) is 2.20. The van der Waals surface area contributed by atoms with E-state index in [4.69, 9.17) is 4.98 Å². The number of nitrogens with zero attached hydrogens (tertiary/aromatic N) is 4. The highest BCUT2D eigenvalue weighted by Crippen LogP contribution is 2.23. The molecule has 1 aliphatic heterocycles. The van der Waals surface area contributed by atoms with Crippen LogP contribution < -0.4 is 0 Å². The van der Waals surface area contributed by atoms with Crippen LogP contribution in [0, 0.1) is 13.8 Å². The summed E-state index contributed by atoms with van der Waals surface area (Å²) in [7, 11) is 0. The lowest BCUT2D eigenvalue weighted by atomic mass is 9.99. The number of H-pyrrole nitrogens is 1. The van der Waals surface area contributed by atoms with Crippen molar-refractivity contribution in [2.75, 3.05) is 6.54 Å². The van der Waals surface area contributed by atoms with Crippen LogP contribution in [0.3, 0.4) is 0 Å². The topological polar surface area (TPSA) is 49.7 Å². The molecule has 0 bridgehead atoms. The minimum absolute atomic E-state index is 0.630. The number of aryl methyl sites for hydroxylation is 3. The Bertz CT molecular complexity index is 847. The van der Waals surface area contributed by atoms with Gasteiger partial charge < -0.3 is 9.55 Å². The minimum atomic E-state index is 0.630. The van der Waals surface area contributed by atoms with Gasteiger partial charge in [0.25, 0.3) is 0 Å². The number of rotatable bonds is 5. The molecule has 25 heavy (non-hydrogen) atoms. The third-order valence-electron chi connectivity index (χ3n) is 5.42. The fourth-order valence-electron chi connectivity index (χ4n) is 3.97. The number of piperidine rings is 1. The standard InChI is InChI=1S/C20H27N5/c1-15-6-7-18-19(13-15)23-20(22-18)14-25-10-4-3-5-17(25)8-11-24-12-9-21-16(24)2/h6-7,9,12-13,17H,3-5,8,10-11,14H2,1-2H3,(H,22,23). The van der Waals surface area contributed by atoms with Crippen molar-refractivity contribution in [1.82, 2.24) is 24.4 Å². The van der Waals surface area contributed by atoms with Gasteiger partial charge in [0, 0.05) is 25.0 Å². The smallest absolute Gasteiger partial charge is 0.121 e. The zero-order valence-electron chi connectivity index (χ0n) is 15.2. The average molecular weight is 337 g/mol. The molecule has 0 saturated carbocycles. The van der Waals surface area contributed by atoms with Crippen molar-refractivity contribution in [2.24, 2.45) is 0 Å². The molecule has 132 valence electrons. The molecular weight excluding hydrogens is 310 g/mol. The van der Waals surface area contributed by atoms with Gasteiger partial charge in [-0.15, -0.1) is 0 Å². The summed E-state index contributed by atoms with van der Waals surface area (Å²) in [6, 6.07) is 7.05. The van der Waals surface area contributed by atoms with Crippen molar-refractivity contribution in [3.63, 3.8) is 0 Å². The first-order valence-electron chi connectivity index (χ1n) is 9.36. The molecule has 5 heteroatoms. The van der Waals surface area contributed by atoms with E-state index in [1.165, 1.54) is 37.8 Å². The molecular formula is C20H27N5. The van der Waals surface area contributed by atoms with Crippen LogP contribution in [0.2, 0.25) is 0 Å². The van der Waals surface area contributed by atoms with Gasteiger partial charge >= 0.3 is 0 Å². The van der Waals surface area contributed by atoms with Crippen LogP contribution >= 0.6 is 0 Å². The van der Waals surface area contributed by atoms with Crippen molar-refractivity contribution < 1.29 is 0 Å². The molecule has 0 radical (unpaired) electrons.